The van der Waals surface area contributed by atoms with Gasteiger partial charge in [0, 0.05) is 18.3 Å². The lowest BCUT2D eigenvalue weighted by atomic mass is 10.3. The standard InChI is InChI=1S/C11H15NO3S2/c1-2-15-9-3-5-11(6-4-9)17(13,14)12-7-10(16)8-12/h3-6,10,16H,2,7-8H2,1H3. The lowest BCUT2D eigenvalue weighted by Crippen LogP contribution is -2.50. The fourth-order valence-electron chi connectivity index (χ4n) is 1.64. The van der Waals surface area contributed by atoms with E-state index in [1.807, 2.05) is 6.92 Å². The summed E-state index contributed by atoms with van der Waals surface area (Å²) >= 11 is 4.21. The maximum Gasteiger partial charge on any atom is 0.243 e. The zero-order valence-electron chi connectivity index (χ0n) is 9.54. The predicted molar refractivity (Wildman–Crippen MR) is 69.1 cm³/mol. The van der Waals surface area contributed by atoms with Gasteiger partial charge in [0.15, 0.2) is 0 Å². The van der Waals surface area contributed by atoms with Gasteiger partial charge in [-0.1, -0.05) is 0 Å². The summed E-state index contributed by atoms with van der Waals surface area (Å²) in [6.45, 7) is 3.43. The molecule has 17 heavy (non-hydrogen) atoms. The van der Waals surface area contributed by atoms with E-state index in [0.29, 0.717) is 30.3 Å². The summed E-state index contributed by atoms with van der Waals surface area (Å²) in [5.41, 5.74) is 0. The first-order valence-corrected chi connectivity index (χ1v) is 7.40. The molecule has 94 valence electrons. The molecule has 1 aliphatic heterocycles. The first-order chi connectivity index (χ1) is 8.04. The van der Waals surface area contributed by atoms with Crippen LogP contribution >= 0.6 is 12.6 Å². The summed E-state index contributed by atoms with van der Waals surface area (Å²) in [6.07, 6.45) is 0. The van der Waals surface area contributed by atoms with E-state index in [9.17, 15) is 8.42 Å². The van der Waals surface area contributed by atoms with Gasteiger partial charge in [0.25, 0.3) is 0 Å². The third kappa shape index (κ3) is 2.59. The minimum atomic E-state index is -3.34. The van der Waals surface area contributed by atoms with Crippen LogP contribution in [-0.4, -0.2) is 37.7 Å². The second-order valence-electron chi connectivity index (χ2n) is 3.88. The van der Waals surface area contributed by atoms with Gasteiger partial charge in [-0.3, -0.25) is 0 Å². The first-order valence-electron chi connectivity index (χ1n) is 5.45. The molecule has 6 heteroatoms. The van der Waals surface area contributed by atoms with E-state index in [1.165, 1.54) is 4.31 Å². The van der Waals surface area contributed by atoms with Crippen molar-refractivity contribution in [1.29, 1.82) is 0 Å². The van der Waals surface area contributed by atoms with E-state index >= 15 is 0 Å². The molecule has 0 saturated carbocycles. The van der Waals surface area contributed by atoms with Crippen LogP contribution in [0.15, 0.2) is 29.2 Å². The largest absolute Gasteiger partial charge is 0.494 e. The summed E-state index contributed by atoms with van der Waals surface area (Å²) in [4.78, 5) is 0.307. The van der Waals surface area contributed by atoms with E-state index in [0.717, 1.165) is 0 Å². The molecule has 2 rings (SSSR count). The number of thiol groups is 1. The van der Waals surface area contributed by atoms with Crippen molar-refractivity contribution in [2.75, 3.05) is 19.7 Å². The van der Waals surface area contributed by atoms with E-state index in [4.69, 9.17) is 4.74 Å². The third-order valence-electron chi connectivity index (χ3n) is 2.60. The molecule has 0 amide bonds. The average Bonchev–Trinajstić information content (AvgIpc) is 2.26. The van der Waals surface area contributed by atoms with Gasteiger partial charge in [-0.05, 0) is 31.2 Å². The number of rotatable bonds is 4. The number of hydrogen-bond acceptors (Lipinski definition) is 4. The molecule has 0 atom stereocenters. The van der Waals surface area contributed by atoms with Crippen molar-refractivity contribution in [2.45, 2.75) is 17.1 Å². The summed E-state index contributed by atoms with van der Waals surface area (Å²) in [5.74, 6) is 0.683. The Bertz CT molecular complexity index is 478. The highest BCUT2D eigenvalue weighted by Gasteiger charge is 2.34. The first kappa shape index (κ1) is 12.7. The lowest BCUT2D eigenvalue weighted by molar-refractivity contribution is 0.321. The Morgan fingerprint density at radius 3 is 2.41 bits per heavy atom. The van der Waals surface area contributed by atoms with Crippen molar-refractivity contribution in [2.24, 2.45) is 0 Å². The predicted octanol–water partition coefficient (Wildman–Crippen LogP) is 1.39. The molecular formula is C11H15NO3S2. The van der Waals surface area contributed by atoms with Gasteiger partial charge in [0.05, 0.1) is 11.5 Å². The molecular weight excluding hydrogens is 258 g/mol. The fraction of sp³-hybridized carbons (Fsp3) is 0.455. The minimum absolute atomic E-state index is 0.160. The molecule has 0 aromatic heterocycles. The maximum atomic E-state index is 12.1. The Kier molecular flexibility index (Phi) is 3.65. The monoisotopic (exact) mass is 273 g/mol. The van der Waals surface area contributed by atoms with Crippen molar-refractivity contribution in [3.05, 3.63) is 24.3 Å². The molecule has 1 aliphatic rings. The van der Waals surface area contributed by atoms with Crippen LogP contribution in [0.25, 0.3) is 0 Å². The molecule has 0 radical (unpaired) electrons. The molecule has 0 N–H and O–H groups in total. The number of hydrogen-bond donors (Lipinski definition) is 1. The number of benzene rings is 1. The van der Waals surface area contributed by atoms with Gasteiger partial charge in [0.2, 0.25) is 10.0 Å². The highest BCUT2D eigenvalue weighted by atomic mass is 32.2. The molecule has 0 unspecified atom stereocenters. The van der Waals surface area contributed by atoms with Gasteiger partial charge in [-0.25, -0.2) is 8.42 Å². The van der Waals surface area contributed by atoms with Gasteiger partial charge in [0.1, 0.15) is 5.75 Å². The average molecular weight is 273 g/mol. The second-order valence-corrected chi connectivity index (χ2v) is 6.55. The van der Waals surface area contributed by atoms with E-state index in [-0.39, 0.29) is 5.25 Å². The van der Waals surface area contributed by atoms with E-state index in [2.05, 4.69) is 12.6 Å². The van der Waals surface area contributed by atoms with Crippen LogP contribution in [0, 0.1) is 0 Å². The molecule has 1 fully saturated rings. The van der Waals surface area contributed by atoms with Crippen molar-refractivity contribution >= 4 is 22.7 Å². The van der Waals surface area contributed by atoms with Crippen LogP contribution in [0.4, 0.5) is 0 Å². The van der Waals surface area contributed by atoms with Crippen LogP contribution in [0.1, 0.15) is 6.92 Å². The van der Waals surface area contributed by atoms with Crippen LogP contribution in [0.5, 0.6) is 5.75 Å². The summed E-state index contributed by atoms with van der Waals surface area (Å²) in [6, 6.07) is 6.50. The van der Waals surface area contributed by atoms with Crippen molar-refractivity contribution in [3.63, 3.8) is 0 Å². The Balaban J connectivity index is 2.16. The molecule has 1 saturated heterocycles. The van der Waals surface area contributed by atoms with Crippen molar-refractivity contribution in [3.8, 4) is 5.75 Å². The number of sulfonamides is 1. The highest BCUT2D eigenvalue weighted by molar-refractivity contribution is 7.89. The van der Waals surface area contributed by atoms with Crippen LogP contribution in [-0.2, 0) is 10.0 Å². The topological polar surface area (TPSA) is 46.6 Å². The maximum absolute atomic E-state index is 12.1. The molecule has 0 spiro atoms. The molecule has 0 bridgehead atoms. The summed E-state index contributed by atoms with van der Waals surface area (Å²) < 4.78 is 30.9. The smallest absolute Gasteiger partial charge is 0.243 e. The van der Waals surface area contributed by atoms with Crippen molar-refractivity contribution < 1.29 is 13.2 Å². The zero-order chi connectivity index (χ0) is 12.5. The van der Waals surface area contributed by atoms with E-state index in [1.54, 1.807) is 24.3 Å². The quantitative estimate of drug-likeness (QED) is 0.843. The minimum Gasteiger partial charge on any atom is -0.494 e. The normalized spacial score (nSPS) is 17.8. The van der Waals surface area contributed by atoms with Crippen molar-refractivity contribution in [1.82, 2.24) is 4.31 Å². The third-order valence-corrected chi connectivity index (χ3v) is 4.77. The SMILES string of the molecule is CCOc1ccc(S(=O)(=O)N2CC(S)C2)cc1. The van der Waals surface area contributed by atoms with Crippen LogP contribution < -0.4 is 4.74 Å². The van der Waals surface area contributed by atoms with Gasteiger partial charge < -0.3 is 4.74 Å². The van der Waals surface area contributed by atoms with Gasteiger partial charge in [-0.2, -0.15) is 16.9 Å². The second kappa shape index (κ2) is 4.88. The number of ether oxygens (including phenoxy) is 1. The van der Waals surface area contributed by atoms with Gasteiger partial charge >= 0.3 is 0 Å². The Labute approximate surface area is 107 Å². The molecule has 1 aromatic rings. The molecule has 4 nitrogen and oxygen atoms in total. The number of nitrogens with zero attached hydrogens (tertiary/aromatic N) is 1. The van der Waals surface area contributed by atoms with Gasteiger partial charge in [-0.15, -0.1) is 0 Å². The fourth-order valence-corrected chi connectivity index (χ4v) is 3.78. The Hall–Kier alpha value is -0.720. The van der Waals surface area contributed by atoms with Crippen LogP contribution in [0.3, 0.4) is 0 Å². The Morgan fingerprint density at radius 2 is 1.94 bits per heavy atom. The summed E-state index contributed by atoms with van der Waals surface area (Å²) in [7, 11) is -3.34. The molecule has 1 aromatic carbocycles. The Morgan fingerprint density at radius 1 is 1.35 bits per heavy atom. The lowest BCUT2D eigenvalue weighted by Gasteiger charge is -2.35. The highest BCUT2D eigenvalue weighted by Crippen LogP contribution is 2.25. The molecule has 1 heterocycles. The van der Waals surface area contributed by atoms with E-state index < -0.39 is 10.0 Å². The zero-order valence-corrected chi connectivity index (χ0v) is 11.2. The van der Waals surface area contributed by atoms with Crippen LogP contribution in [0.2, 0.25) is 0 Å². The summed E-state index contributed by atoms with van der Waals surface area (Å²) in [5, 5.41) is 0.160. The molecule has 0 aliphatic carbocycles.